The summed E-state index contributed by atoms with van der Waals surface area (Å²) in [6, 6.07) is 0. The monoisotopic (exact) mass is 241 g/mol. The summed E-state index contributed by atoms with van der Waals surface area (Å²) in [7, 11) is 1.68. The van der Waals surface area contributed by atoms with Crippen LogP contribution < -0.4 is 0 Å². The molecule has 0 fully saturated rings. The summed E-state index contributed by atoms with van der Waals surface area (Å²) < 4.78 is 6.75. The number of aromatic nitrogens is 3. The van der Waals surface area contributed by atoms with Gasteiger partial charge < -0.3 is 9.84 Å². The molecule has 1 aromatic rings. The summed E-state index contributed by atoms with van der Waals surface area (Å²) >= 11 is 0. The zero-order valence-corrected chi connectivity index (χ0v) is 10.1. The first-order chi connectivity index (χ1) is 8.22. The van der Waals surface area contributed by atoms with Crippen LogP contribution in [-0.4, -0.2) is 39.8 Å². The van der Waals surface area contributed by atoms with E-state index in [0.29, 0.717) is 13.0 Å². The lowest BCUT2D eigenvalue weighted by atomic mass is 10.1. The second-order valence-corrected chi connectivity index (χ2v) is 3.92. The van der Waals surface area contributed by atoms with Gasteiger partial charge in [0.25, 0.3) is 0 Å². The molecule has 0 aromatic carbocycles. The average Bonchev–Trinajstić information content (AvgIpc) is 2.73. The van der Waals surface area contributed by atoms with Gasteiger partial charge in [0.1, 0.15) is 0 Å². The number of hydrogen-bond acceptors (Lipinski definition) is 4. The van der Waals surface area contributed by atoms with Crippen molar-refractivity contribution in [3.05, 3.63) is 11.9 Å². The molecular formula is C11H19N3O3. The predicted octanol–water partition coefficient (Wildman–Crippen LogP) is 1.11. The zero-order valence-electron chi connectivity index (χ0n) is 10.1. The highest BCUT2D eigenvalue weighted by Gasteiger charge is 2.02. The Morgan fingerprint density at radius 2 is 2.29 bits per heavy atom. The molecule has 0 saturated carbocycles. The average molecular weight is 241 g/mol. The van der Waals surface area contributed by atoms with Crippen LogP contribution in [0.2, 0.25) is 0 Å². The second kappa shape index (κ2) is 7.78. The molecule has 6 heteroatoms. The van der Waals surface area contributed by atoms with Gasteiger partial charge in [0.15, 0.2) is 0 Å². The van der Waals surface area contributed by atoms with Crippen molar-refractivity contribution < 1.29 is 14.6 Å². The molecule has 96 valence electrons. The summed E-state index contributed by atoms with van der Waals surface area (Å²) in [6.45, 7) is 1.52. The maximum absolute atomic E-state index is 10.3. The number of unbranched alkanes of at least 4 members (excludes halogenated alkanes) is 1. The Kier molecular flexibility index (Phi) is 6.24. The van der Waals surface area contributed by atoms with Crippen LogP contribution >= 0.6 is 0 Å². The summed E-state index contributed by atoms with van der Waals surface area (Å²) in [6.07, 6.45) is 5.36. The van der Waals surface area contributed by atoms with Gasteiger partial charge in [0.2, 0.25) is 0 Å². The van der Waals surface area contributed by atoms with Crippen molar-refractivity contribution in [1.82, 2.24) is 15.0 Å². The van der Waals surface area contributed by atoms with Crippen molar-refractivity contribution in [3.8, 4) is 0 Å². The van der Waals surface area contributed by atoms with Crippen molar-refractivity contribution in [2.24, 2.45) is 0 Å². The van der Waals surface area contributed by atoms with E-state index >= 15 is 0 Å². The lowest BCUT2D eigenvalue weighted by Gasteiger charge is -1.98. The van der Waals surface area contributed by atoms with E-state index in [2.05, 4.69) is 10.3 Å². The Morgan fingerprint density at radius 3 is 3.00 bits per heavy atom. The van der Waals surface area contributed by atoms with Crippen LogP contribution in [0.3, 0.4) is 0 Å². The number of hydrogen-bond donors (Lipinski definition) is 1. The first-order valence-corrected chi connectivity index (χ1v) is 5.82. The van der Waals surface area contributed by atoms with E-state index < -0.39 is 5.97 Å². The smallest absolute Gasteiger partial charge is 0.303 e. The van der Waals surface area contributed by atoms with Crippen LogP contribution in [0.4, 0.5) is 0 Å². The Balaban J connectivity index is 2.18. The molecule has 17 heavy (non-hydrogen) atoms. The number of nitrogens with zero attached hydrogens (tertiary/aromatic N) is 3. The Hall–Kier alpha value is -1.43. The van der Waals surface area contributed by atoms with E-state index in [1.807, 2.05) is 6.20 Å². The highest BCUT2D eigenvalue weighted by Crippen LogP contribution is 2.03. The molecule has 6 nitrogen and oxygen atoms in total. The number of carbonyl (C=O) groups is 1. The van der Waals surface area contributed by atoms with E-state index in [1.165, 1.54) is 0 Å². The largest absolute Gasteiger partial charge is 0.481 e. The van der Waals surface area contributed by atoms with E-state index in [9.17, 15) is 4.79 Å². The van der Waals surface area contributed by atoms with Gasteiger partial charge in [-0.05, 0) is 25.7 Å². The highest BCUT2D eigenvalue weighted by molar-refractivity contribution is 5.66. The summed E-state index contributed by atoms with van der Waals surface area (Å²) in [4.78, 5) is 10.3. The van der Waals surface area contributed by atoms with Crippen molar-refractivity contribution >= 4 is 5.97 Å². The number of aliphatic carboxylic acids is 1. The SMILES string of the molecule is COCCCn1cc(CCCCC(=O)O)nn1. The highest BCUT2D eigenvalue weighted by atomic mass is 16.5. The summed E-state index contributed by atoms with van der Waals surface area (Å²) in [5.41, 5.74) is 0.924. The lowest BCUT2D eigenvalue weighted by molar-refractivity contribution is -0.137. The standard InChI is InChI=1S/C11H19N3O3/c1-17-8-4-7-14-9-10(12-13-14)5-2-3-6-11(15)16/h9H,2-8H2,1H3,(H,15,16). The van der Waals surface area contributed by atoms with Gasteiger partial charge in [0, 0.05) is 32.9 Å². The molecule has 0 saturated heterocycles. The quantitative estimate of drug-likeness (QED) is 0.655. The van der Waals surface area contributed by atoms with Crippen molar-refractivity contribution in [1.29, 1.82) is 0 Å². The fraction of sp³-hybridized carbons (Fsp3) is 0.727. The number of ether oxygens (including phenoxy) is 1. The fourth-order valence-electron chi connectivity index (χ4n) is 1.52. The second-order valence-electron chi connectivity index (χ2n) is 3.92. The maximum atomic E-state index is 10.3. The van der Waals surface area contributed by atoms with Gasteiger partial charge in [-0.25, -0.2) is 0 Å². The third-order valence-electron chi connectivity index (χ3n) is 2.40. The van der Waals surface area contributed by atoms with Gasteiger partial charge >= 0.3 is 5.97 Å². The fourth-order valence-corrected chi connectivity index (χ4v) is 1.52. The van der Waals surface area contributed by atoms with Gasteiger partial charge in [-0.2, -0.15) is 0 Å². The van der Waals surface area contributed by atoms with Crippen molar-refractivity contribution in [2.45, 2.75) is 38.6 Å². The van der Waals surface area contributed by atoms with Crippen LogP contribution in [0.15, 0.2) is 6.20 Å². The molecule has 0 aliphatic rings. The third kappa shape index (κ3) is 6.01. The minimum absolute atomic E-state index is 0.224. The van der Waals surface area contributed by atoms with Crippen LogP contribution in [-0.2, 0) is 22.5 Å². The number of carboxylic acids is 1. The van der Waals surface area contributed by atoms with E-state index in [-0.39, 0.29) is 6.42 Å². The van der Waals surface area contributed by atoms with Crippen LogP contribution in [0.5, 0.6) is 0 Å². The lowest BCUT2D eigenvalue weighted by Crippen LogP contribution is -2.01. The molecule has 0 amide bonds. The Labute approximate surface area is 101 Å². The molecule has 1 N–H and O–H groups in total. The number of rotatable bonds is 9. The third-order valence-corrected chi connectivity index (χ3v) is 2.40. The number of carboxylic acid groups (broad SMARTS) is 1. The first kappa shape index (κ1) is 13.6. The van der Waals surface area contributed by atoms with Crippen LogP contribution in [0, 0.1) is 0 Å². The minimum atomic E-state index is -0.742. The summed E-state index contributed by atoms with van der Waals surface area (Å²) in [5.74, 6) is -0.742. The Bertz CT molecular complexity index is 338. The van der Waals surface area contributed by atoms with E-state index in [0.717, 1.165) is 31.5 Å². The molecule has 1 heterocycles. The zero-order chi connectivity index (χ0) is 12.5. The van der Waals surface area contributed by atoms with Crippen molar-refractivity contribution in [2.75, 3.05) is 13.7 Å². The summed E-state index contributed by atoms with van der Waals surface area (Å²) in [5, 5.41) is 16.5. The molecule has 0 aliphatic heterocycles. The minimum Gasteiger partial charge on any atom is -0.481 e. The van der Waals surface area contributed by atoms with Crippen LogP contribution in [0.1, 0.15) is 31.4 Å². The Morgan fingerprint density at radius 1 is 1.47 bits per heavy atom. The molecule has 1 rings (SSSR count). The van der Waals surface area contributed by atoms with E-state index in [4.69, 9.17) is 9.84 Å². The van der Waals surface area contributed by atoms with Crippen molar-refractivity contribution in [3.63, 3.8) is 0 Å². The van der Waals surface area contributed by atoms with E-state index in [1.54, 1.807) is 11.8 Å². The normalized spacial score (nSPS) is 10.6. The number of aryl methyl sites for hydroxylation is 2. The van der Waals surface area contributed by atoms with Crippen LogP contribution in [0.25, 0.3) is 0 Å². The van der Waals surface area contributed by atoms with Gasteiger partial charge in [0.05, 0.1) is 5.69 Å². The molecule has 0 atom stereocenters. The maximum Gasteiger partial charge on any atom is 0.303 e. The molecule has 1 aromatic heterocycles. The number of methoxy groups -OCH3 is 1. The molecule has 0 bridgehead atoms. The molecule has 0 spiro atoms. The topological polar surface area (TPSA) is 77.2 Å². The molecule has 0 aliphatic carbocycles. The molecule has 0 radical (unpaired) electrons. The molecular weight excluding hydrogens is 222 g/mol. The first-order valence-electron chi connectivity index (χ1n) is 5.82. The predicted molar refractivity (Wildman–Crippen MR) is 61.7 cm³/mol. The van der Waals surface area contributed by atoms with Gasteiger partial charge in [-0.3, -0.25) is 9.48 Å². The van der Waals surface area contributed by atoms with Gasteiger partial charge in [-0.15, -0.1) is 5.10 Å². The molecule has 0 unspecified atom stereocenters. The van der Waals surface area contributed by atoms with Gasteiger partial charge in [-0.1, -0.05) is 5.21 Å².